The largest absolute Gasteiger partial charge is 0.356 e. The van der Waals surface area contributed by atoms with Crippen molar-refractivity contribution >= 4 is 28.9 Å². The number of nitrogens with zero attached hydrogens (tertiary/aromatic N) is 3. The molecule has 6 nitrogen and oxygen atoms in total. The third kappa shape index (κ3) is 3.99. The van der Waals surface area contributed by atoms with Gasteiger partial charge in [-0.15, -0.1) is 11.3 Å². The van der Waals surface area contributed by atoms with Gasteiger partial charge in [0.05, 0.1) is 17.7 Å². The molecule has 0 radical (unpaired) electrons. The van der Waals surface area contributed by atoms with E-state index >= 15 is 0 Å². The number of hydrogen-bond donors (Lipinski definition) is 2. The Morgan fingerprint density at radius 1 is 1.36 bits per heavy atom. The van der Waals surface area contributed by atoms with Crippen LogP contribution >= 0.6 is 11.3 Å². The Labute approximate surface area is 152 Å². The van der Waals surface area contributed by atoms with Gasteiger partial charge in [-0.1, -0.05) is 18.2 Å². The average Bonchev–Trinajstić information content (AvgIpc) is 3.23. The molecule has 0 saturated heterocycles. The third-order valence-electron chi connectivity index (χ3n) is 4.09. The molecule has 1 aromatic carbocycles. The van der Waals surface area contributed by atoms with Gasteiger partial charge < -0.3 is 15.5 Å². The number of aliphatic imine (C=N–C) groups is 1. The van der Waals surface area contributed by atoms with Crippen LogP contribution in [0.3, 0.4) is 0 Å². The molecule has 7 heteroatoms. The molecule has 25 heavy (non-hydrogen) atoms. The van der Waals surface area contributed by atoms with Crippen LogP contribution < -0.4 is 15.5 Å². The first kappa shape index (κ1) is 17.4. The first-order valence-electron chi connectivity index (χ1n) is 8.52. The third-order valence-corrected chi connectivity index (χ3v) is 5.02. The van der Waals surface area contributed by atoms with Gasteiger partial charge in [0, 0.05) is 25.3 Å². The fraction of sp³-hybridized carbons (Fsp3) is 0.389. The zero-order valence-corrected chi connectivity index (χ0v) is 15.4. The van der Waals surface area contributed by atoms with Gasteiger partial charge in [0.1, 0.15) is 4.88 Å². The Kier molecular flexibility index (Phi) is 5.65. The second-order valence-electron chi connectivity index (χ2n) is 5.79. The number of hydrogen-bond acceptors (Lipinski definition) is 4. The molecule has 0 saturated carbocycles. The Balaban J connectivity index is 1.60. The van der Waals surface area contributed by atoms with Gasteiger partial charge >= 0.3 is 0 Å². The Bertz CT molecular complexity index is 770. The molecule has 0 bridgehead atoms. The summed E-state index contributed by atoms with van der Waals surface area (Å²) in [7, 11) is 0. The van der Waals surface area contributed by atoms with Gasteiger partial charge in [-0.2, -0.15) is 0 Å². The van der Waals surface area contributed by atoms with Crippen molar-refractivity contribution in [3.05, 3.63) is 45.9 Å². The van der Waals surface area contributed by atoms with E-state index in [4.69, 9.17) is 0 Å². The maximum Gasteiger partial charge on any atom is 0.263 e. The van der Waals surface area contributed by atoms with E-state index in [0.717, 1.165) is 31.2 Å². The number of anilines is 1. The van der Waals surface area contributed by atoms with Crippen molar-refractivity contribution in [3.8, 4) is 0 Å². The summed E-state index contributed by atoms with van der Waals surface area (Å²) < 4.78 is 0. The van der Waals surface area contributed by atoms with Crippen molar-refractivity contribution in [1.82, 2.24) is 15.6 Å². The summed E-state index contributed by atoms with van der Waals surface area (Å²) in [6.07, 6.45) is 1.03. The van der Waals surface area contributed by atoms with Crippen molar-refractivity contribution in [3.63, 3.8) is 0 Å². The van der Waals surface area contributed by atoms with E-state index in [1.807, 2.05) is 6.92 Å². The summed E-state index contributed by atoms with van der Waals surface area (Å²) in [5.74, 6) is 0.794. The van der Waals surface area contributed by atoms with Gasteiger partial charge in [-0.3, -0.25) is 9.79 Å². The summed E-state index contributed by atoms with van der Waals surface area (Å²) >= 11 is 1.36. The number of thiazole rings is 1. The molecule has 1 aliphatic rings. The molecule has 0 spiro atoms. The maximum absolute atomic E-state index is 12.1. The lowest BCUT2D eigenvalue weighted by molar-refractivity contribution is 0.0958. The van der Waals surface area contributed by atoms with Crippen LogP contribution in [0.5, 0.6) is 0 Å². The fourth-order valence-electron chi connectivity index (χ4n) is 2.88. The van der Waals surface area contributed by atoms with E-state index in [-0.39, 0.29) is 5.91 Å². The molecule has 0 aliphatic carbocycles. The van der Waals surface area contributed by atoms with E-state index in [1.54, 1.807) is 5.51 Å². The molecule has 0 fully saturated rings. The topological polar surface area (TPSA) is 69.6 Å². The Hall–Kier alpha value is -2.41. The predicted octanol–water partition coefficient (Wildman–Crippen LogP) is 2.21. The molecule has 0 unspecified atom stereocenters. The fourth-order valence-corrected chi connectivity index (χ4v) is 3.60. The van der Waals surface area contributed by atoms with E-state index < -0.39 is 0 Å². The lowest BCUT2D eigenvalue weighted by Gasteiger charge is -2.22. The zero-order valence-electron chi connectivity index (χ0n) is 14.6. The number of benzene rings is 1. The molecule has 2 aromatic rings. The second kappa shape index (κ2) is 8.11. The number of rotatable bonds is 5. The molecular weight excluding hydrogens is 334 g/mol. The normalized spacial score (nSPS) is 13.7. The number of aryl methyl sites for hydroxylation is 1. The molecule has 2 N–H and O–H groups in total. The average molecular weight is 357 g/mol. The number of amides is 1. The maximum atomic E-state index is 12.1. The lowest BCUT2D eigenvalue weighted by atomic mass is 10.2. The van der Waals surface area contributed by atoms with E-state index in [1.165, 1.54) is 22.6 Å². The Morgan fingerprint density at radius 3 is 2.96 bits per heavy atom. The van der Waals surface area contributed by atoms with Crippen LogP contribution in [0.2, 0.25) is 0 Å². The lowest BCUT2D eigenvalue weighted by Crippen LogP contribution is -2.41. The smallest absolute Gasteiger partial charge is 0.263 e. The minimum atomic E-state index is -0.0771. The molecule has 2 heterocycles. The standard InChI is InChI=1S/C18H23N5OS/c1-3-19-18(23-11-8-14-6-4-5-7-15(14)23)21-10-9-20-17(24)16-13(2)22-12-25-16/h4-7,12H,3,8-11H2,1-2H3,(H,19,21)(H,20,24). The summed E-state index contributed by atoms with van der Waals surface area (Å²) in [6, 6.07) is 8.42. The molecule has 1 amide bonds. The van der Waals surface area contributed by atoms with Gasteiger partial charge in [0.25, 0.3) is 5.91 Å². The van der Waals surface area contributed by atoms with Gasteiger partial charge in [-0.05, 0) is 31.9 Å². The number of carbonyl (C=O) groups is 1. The molecule has 1 aliphatic heterocycles. The first-order valence-corrected chi connectivity index (χ1v) is 9.40. The van der Waals surface area contributed by atoms with Crippen molar-refractivity contribution in [2.75, 3.05) is 31.1 Å². The van der Waals surface area contributed by atoms with Gasteiger partial charge in [0.15, 0.2) is 5.96 Å². The summed E-state index contributed by atoms with van der Waals surface area (Å²) in [4.78, 5) is 23.8. The van der Waals surface area contributed by atoms with Crippen LogP contribution in [0.1, 0.15) is 27.9 Å². The van der Waals surface area contributed by atoms with E-state index in [0.29, 0.717) is 18.0 Å². The van der Waals surface area contributed by atoms with Crippen LogP contribution in [-0.2, 0) is 6.42 Å². The van der Waals surface area contributed by atoms with E-state index in [9.17, 15) is 4.79 Å². The Morgan fingerprint density at radius 2 is 2.20 bits per heavy atom. The highest BCUT2D eigenvalue weighted by atomic mass is 32.1. The summed E-state index contributed by atoms with van der Waals surface area (Å²) in [5, 5.41) is 6.26. The van der Waals surface area contributed by atoms with Crippen molar-refractivity contribution in [2.24, 2.45) is 4.99 Å². The van der Waals surface area contributed by atoms with Crippen molar-refractivity contribution in [2.45, 2.75) is 20.3 Å². The number of nitrogens with one attached hydrogen (secondary N) is 2. The molecular formula is C18H23N5OS. The summed E-state index contributed by atoms with van der Waals surface area (Å²) in [5.41, 5.74) is 5.03. The highest BCUT2D eigenvalue weighted by molar-refractivity contribution is 7.11. The SMILES string of the molecule is CCNC(=NCCNC(=O)c1scnc1C)N1CCc2ccccc21. The van der Waals surface area contributed by atoms with Crippen LogP contribution in [0.4, 0.5) is 5.69 Å². The predicted molar refractivity (Wildman–Crippen MR) is 103 cm³/mol. The van der Waals surface area contributed by atoms with Gasteiger partial charge in [-0.25, -0.2) is 4.98 Å². The van der Waals surface area contributed by atoms with Crippen LogP contribution in [0, 0.1) is 6.92 Å². The van der Waals surface area contributed by atoms with Gasteiger partial charge in [0.2, 0.25) is 0 Å². The summed E-state index contributed by atoms with van der Waals surface area (Å²) in [6.45, 7) is 6.68. The molecule has 0 atom stereocenters. The quantitative estimate of drug-likeness (QED) is 0.489. The highest BCUT2D eigenvalue weighted by Gasteiger charge is 2.22. The van der Waals surface area contributed by atoms with Crippen LogP contribution in [0.15, 0.2) is 34.8 Å². The van der Waals surface area contributed by atoms with E-state index in [2.05, 4.69) is 56.7 Å². The number of para-hydroxylation sites is 1. The van der Waals surface area contributed by atoms with Crippen LogP contribution in [0.25, 0.3) is 0 Å². The van der Waals surface area contributed by atoms with Crippen molar-refractivity contribution in [1.29, 1.82) is 0 Å². The number of carbonyl (C=O) groups excluding carboxylic acids is 1. The van der Waals surface area contributed by atoms with Crippen molar-refractivity contribution < 1.29 is 4.79 Å². The number of fused-ring (bicyclic) bond motifs is 1. The minimum absolute atomic E-state index is 0.0771. The monoisotopic (exact) mass is 357 g/mol. The molecule has 132 valence electrons. The number of guanidine groups is 1. The first-order chi connectivity index (χ1) is 12.2. The zero-order chi connectivity index (χ0) is 17.6. The number of aromatic nitrogens is 1. The highest BCUT2D eigenvalue weighted by Crippen LogP contribution is 2.27. The molecule has 1 aromatic heterocycles. The molecule has 3 rings (SSSR count). The van der Waals surface area contributed by atoms with Crippen LogP contribution in [-0.4, -0.2) is 43.0 Å². The second-order valence-corrected chi connectivity index (χ2v) is 6.64. The minimum Gasteiger partial charge on any atom is -0.356 e.